The molecule has 1 aromatic heterocycles. The van der Waals surface area contributed by atoms with E-state index in [2.05, 4.69) is 26.5 Å². The molecule has 0 saturated carbocycles. The third-order valence-corrected chi connectivity index (χ3v) is 1.57. The monoisotopic (exact) mass is 225 g/mol. The fourth-order valence-electron chi connectivity index (χ4n) is 0.740. The molecule has 1 rings (SSSR count). The lowest BCUT2D eigenvalue weighted by Crippen LogP contribution is -2.00. The van der Waals surface area contributed by atoms with Crippen LogP contribution in [0.2, 0.25) is 5.15 Å². The van der Waals surface area contributed by atoms with Crippen LogP contribution < -0.4 is 5.73 Å². The Morgan fingerprint density at radius 2 is 2.47 bits per heavy atom. The van der Waals surface area contributed by atoms with Crippen molar-refractivity contribution in [3.05, 3.63) is 17.0 Å². The first-order chi connectivity index (χ1) is 7.13. The molecular formula is C9H8ClN3O2. The molecule has 1 heterocycles. The van der Waals surface area contributed by atoms with Crippen LogP contribution in [-0.4, -0.2) is 22.5 Å². The summed E-state index contributed by atoms with van der Waals surface area (Å²) in [6, 6.07) is 0. The Bertz CT molecular complexity index is 437. The fourth-order valence-corrected chi connectivity index (χ4v) is 0.934. The number of esters is 1. The van der Waals surface area contributed by atoms with E-state index < -0.39 is 5.97 Å². The highest BCUT2D eigenvalue weighted by Gasteiger charge is 2.01. The smallest absolute Gasteiger partial charge is 0.384 e. The number of nitrogens with zero attached hydrogens (tertiary/aromatic N) is 2. The molecule has 0 fully saturated rings. The number of carbonyl (C=O) groups excluding carboxylic acids is 1. The number of aromatic nitrogens is 2. The van der Waals surface area contributed by atoms with Crippen LogP contribution in [0.15, 0.2) is 6.20 Å². The van der Waals surface area contributed by atoms with E-state index >= 15 is 0 Å². The number of rotatable bonds is 1. The molecule has 0 aliphatic rings. The fraction of sp³-hybridized carbons (Fsp3) is 0.222. The van der Waals surface area contributed by atoms with E-state index in [-0.39, 0.29) is 23.3 Å². The highest BCUT2D eigenvalue weighted by Crippen LogP contribution is 2.09. The van der Waals surface area contributed by atoms with Crippen LogP contribution >= 0.6 is 11.6 Å². The number of nitrogens with two attached hydrogens (primary N) is 1. The zero-order chi connectivity index (χ0) is 11.3. The molecule has 0 aromatic carbocycles. The molecule has 0 unspecified atom stereocenters. The summed E-state index contributed by atoms with van der Waals surface area (Å²) in [6.45, 7) is 1.96. The summed E-state index contributed by atoms with van der Waals surface area (Å²) in [5.41, 5.74) is 5.53. The maximum absolute atomic E-state index is 10.9. The zero-order valence-corrected chi connectivity index (χ0v) is 8.71. The molecule has 2 N–H and O–H groups in total. The first-order valence-electron chi connectivity index (χ1n) is 4.10. The molecule has 1 aromatic rings. The average molecular weight is 226 g/mol. The minimum atomic E-state index is -0.632. The van der Waals surface area contributed by atoms with Crippen molar-refractivity contribution < 1.29 is 9.53 Å². The molecule has 0 saturated heterocycles. The zero-order valence-electron chi connectivity index (χ0n) is 7.95. The van der Waals surface area contributed by atoms with Gasteiger partial charge in [0.2, 0.25) is 0 Å². The van der Waals surface area contributed by atoms with Gasteiger partial charge in [-0.05, 0) is 12.8 Å². The van der Waals surface area contributed by atoms with Crippen molar-refractivity contribution in [2.75, 3.05) is 12.3 Å². The molecule has 0 aliphatic carbocycles. The number of halogens is 1. The second-order valence-electron chi connectivity index (χ2n) is 2.40. The highest BCUT2D eigenvalue weighted by molar-refractivity contribution is 6.30. The summed E-state index contributed by atoms with van der Waals surface area (Å²) >= 11 is 5.68. The van der Waals surface area contributed by atoms with Gasteiger partial charge in [0.15, 0.2) is 10.8 Å². The lowest BCUT2D eigenvalue weighted by Gasteiger charge is -1.95. The third kappa shape index (κ3) is 3.44. The van der Waals surface area contributed by atoms with E-state index in [1.165, 1.54) is 6.20 Å². The number of hydrogen-bond acceptors (Lipinski definition) is 5. The molecule has 0 bridgehead atoms. The third-order valence-electron chi connectivity index (χ3n) is 1.31. The van der Waals surface area contributed by atoms with Crippen LogP contribution in [0.3, 0.4) is 0 Å². The van der Waals surface area contributed by atoms with Crippen molar-refractivity contribution >= 4 is 23.4 Å². The van der Waals surface area contributed by atoms with Gasteiger partial charge in [0.1, 0.15) is 5.82 Å². The van der Waals surface area contributed by atoms with Crippen molar-refractivity contribution in [1.82, 2.24) is 9.97 Å². The van der Waals surface area contributed by atoms with Crippen LogP contribution in [0.1, 0.15) is 12.6 Å². The molecule has 0 aliphatic heterocycles. The quantitative estimate of drug-likeness (QED) is 0.560. The molecule has 15 heavy (non-hydrogen) atoms. The maximum Gasteiger partial charge on any atom is 0.384 e. The number of ether oxygens (including phenoxy) is 1. The van der Waals surface area contributed by atoms with Gasteiger partial charge in [0.05, 0.1) is 12.8 Å². The first kappa shape index (κ1) is 11.3. The summed E-state index contributed by atoms with van der Waals surface area (Å²) in [5, 5.41) is 0.0619. The van der Waals surface area contributed by atoms with E-state index in [0.29, 0.717) is 0 Å². The molecule has 78 valence electrons. The number of hydrogen-bond donors (Lipinski definition) is 1. The van der Waals surface area contributed by atoms with E-state index in [1.807, 2.05) is 0 Å². The second kappa shape index (κ2) is 5.17. The van der Waals surface area contributed by atoms with Crippen LogP contribution in [0.25, 0.3) is 0 Å². The molecule has 0 radical (unpaired) electrons. The average Bonchev–Trinajstić information content (AvgIpc) is 2.17. The molecule has 6 heteroatoms. The van der Waals surface area contributed by atoms with Crippen molar-refractivity contribution in [2.45, 2.75) is 6.92 Å². The Labute approximate surface area is 91.6 Å². The molecule has 0 amide bonds. The largest absolute Gasteiger partial charge is 0.456 e. The Hall–Kier alpha value is -1.80. The highest BCUT2D eigenvalue weighted by atomic mass is 35.5. The summed E-state index contributed by atoms with van der Waals surface area (Å²) in [5.74, 6) is 4.22. The summed E-state index contributed by atoms with van der Waals surface area (Å²) in [4.78, 5) is 18.4. The molecule has 0 spiro atoms. The van der Waals surface area contributed by atoms with Crippen LogP contribution in [0, 0.1) is 11.8 Å². The second-order valence-corrected chi connectivity index (χ2v) is 2.76. The van der Waals surface area contributed by atoms with Gasteiger partial charge >= 0.3 is 5.97 Å². The number of carbonyl (C=O) groups is 1. The van der Waals surface area contributed by atoms with Gasteiger partial charge in [-0.2, -0.15) is 0 Å². The van der Waals surface area contributed by atoms with E-state index in [1.54, 1.807) is 6.92 Å². The van der Waals surface area contributed by atoms with Crippen LogP contribution in [-0.2, 0) is 9.53 Å². The van der Waals surface area contributed by atoms with Crippen molar-refractivity contribution in [1.29, 1.82) is 0 Å². The normalized spacial score (nSPS) is 8.93. The summed E-state index contributed by atoms with van der Waals surface area (Å²) in [7, 11) is 0. The van der Waals surface area contributed by atoms with Crippen molar-refractivity contribution in [3.8, 4) is 11.8 Å². The van der Waals surface area contributed by atoms with Crippen LogP contribution in [0.4, 0.5) is 5.82 Å². The van der Waals surface area contributed by atoms with Gasteiger partial charge in [-0.3, -0.25) is 0 Å². The predicted molar refractivity (Wildman–Crippen MR) is 55.0 cm³/mol. The van der Waals surface area contributed by atoms with Gasteiger partial charge in [0.25, 0.3) is 0 Å². The Kier molecular flexibility index (Phi) is 3.89. The Balaban J connectivity index is 2.84. The maximum atomic E-state index is 10.9. The summed E-state index contributed by atoms with van der Waals surface area (Å²) in [6.07, 6.45) is 1.31. The van der Waals surface area contributed by atoms with Gasteiger partial charge in [0, 0.05) is 5.92 Å². The Morgan fingerprint density at radius 1 is 1.73 bits per heavy atom. The van der Waals surface area contributed by atoms with E-state index in [4.69, 9.17) is 17.3 Å². The van der Waals surface area contributed by atoms with E-state index in [0.717, 1.165) is 0 Å². The minimum absolute atomic E-state index is 0.0619. The lowest BCUT2D eigenvalue weighted by atomic mass is 10.4. The molecule has 0 atom stereocenters. The van der Waals surface area contributed by atoms with Gasteiger partial charge in [-0.25, -0.2) is 14.8 Å². The Morgan fingerprint density at radius 3 is 3.07 bits per heavy atom. The van der Waals surface area contributed by atoms with Gasteiger partial charge in [-0.1, -0.05) is 11.6 Å². The standard InChI is InChI=1S/C9H8ClN3O2/c1-2-15-8(14)4-3-6-9(10)13-7(11)5-12-6/h5H,2H2,1H3,(H2,11,13). The number of anilines is 1. The number of nitrogen functional groups attached to an aromatic ring is 1. The summed E-state index contributed by atoms with van der Waals surface area (Å²) < 4.78 is 4.60. The molecular weight excluding hydrogens is 218 g/mol. The topological polar surface area (TPSA) is 78.1 Å². The first-order valence-corrected chi connectivity index (χ1v) is 4.48. The lowest BCUT2D eigenvalue weighted by molar-refractivity contribution is -0.136. The van der Waals surface area contributed by atoms with Gasteiger partial charge < -0.3 is 10.5 Å². The van der Waals surface area contributed by atoms with Crippen LogP contribution in [0.5, 0.6) is 0 Å². The minimum Gasteiger partial charge on any atom is -0.456 e. The van der Waals surface area contributed by atoms with Crippen molar-refractivity contribution in [3.63, 3.8) is 0 Å². The molecule has 5 nitrogen and oxygen atoms in total. The van der Waals surface area contributed by atoms with Crippen molar-refractivity contribution in [2.24, 2.45) is 0 Å². The van der Waals surface area contributed by atoms with Gasteiger partial charge in [-0.15, -0.1) is 0 Å². The SMILES string of the molecule is CCOC(=O)C#Cc1ncc(N)nc1Cl. The predicted octanol–water partition coefficient (Wildman–Crippen LogP) is 0.627. The van der Waals surface area contributed by atoms with E-state index in [9.17, 15) is 4.79 Å².